The molecule has 0 saturated heterocycles. The van der Waals surface area contributed by atoms with Crippen molar-refractivity contribution in [3.05, 3.63) is 127 Å². The third kappa shape index (κ3) is 3.03. The molecule has 0 radical (unpaired) electrons. The van der Waals surface area contributed by atoms with Crippen LogP contribution in [0.5, 0.6) is 0 Å². The fourth-order valence-electron chi connectivity index (χ4n) is 4.55. The maximum atomic E-state index is 2.34. The van der Waals surface area contributed by atoms with Crippen LogP contribution in [-0.2, 0) is 0 Å². The topological polar surface area (TPSA) is 3.24 Å². The van der Waals surface area contributed by atoms with Gasteiger partial charge in [-0.05, 0) is 68.7 Å². The summed E-state index contributed by atoms with van der Waals surface area (Å²) in [7, 11) is 0. The Balaban J connectivity index is 1.67. The molecule has 6 aromatic rings. The Labute approximate surface area is 181 Å². The van der Waals surface area contributed by atoms with Crippen LogP contribution in [0.25, 0.3) is 32.3 Å². The highest BCUT2D eigenvalue weighted by atomic mass is 15.1. The Morgan fingerprint density at radius 1 is 0.355 bits per heavy atom. The van der Waals surface area contributed by atoms with E-state index in [1.54, 1.807) is 0 Å². The normalized spacial score (nSPS) is 11.2. The first-order chi connectivity index (χ1) is 15.4. The van der Waals surface area contributed by atoms with Gasteiger partial charge in [-0.2, -0.15) is 0 Å². The molecule has 6 aromatic carbocycles. The van der Waals surface area contributed by atoms with Crippen molar-refractivity contribution >= 4 is 49.4 Å². The molecule has 146 valence electrons. The van der Waals surface area contributed by atoms with Gasteiger partial charge in [-0.15, -0.1) is 0 Å². The first-order valence-electron chi connectivity index (χ1n) is 10.6. The van der Waals surface area contributed by atoms with Crippen LogP contribution < -0.4 is 4.90 Å². The predicted octanol–water partition coefficient (Wildman–Crippen LogP) is 8.62. The summed E-state index contributed by atoms with van der Waals surface area (Å²) in [6.07, 6.45) is 0. The molecule has 0 aliphatic carbocycles. The first kappa shape index (κ1) is 17.7. The number of hydrogen-bond donors (Lipinski definition) is 0. The Hall–Kier alpha value is -4.10. The summed E-state index contributed by atoms with van der Waals surface area (Å²) < 4.78 is 0. The summed E-state index contributed by atoms with van der Waals surface area (Å²) in [6, 6.07) is 45.5. The zero-order chi connectivity index (χ0) is 20.6. The van der Waals surface area contributed by atoms with Crippen LogP contribution in [0.1, 0.15) is 0 Å². The minimum absolute atomic E-state index is 1.15. The number of para-hydroxylation sites is 2. The predicted molar refractivity (Wildman–Crippen MR) is 134 cm³/mol. The zero-order valence-corrected chi connectivity index (χ0v) is 17.1. The van der Waals surface area contributed by atoms with Crippen molar-refractivity contribution < 1.29 is 0 Å². The molecular weight excluding hydrogens is 374 g/mol. The second-order valence-electron chi connectivity index (χ2n) is 7.86. The molecule has 0 amide bonds. The molecule has 0 aliphatic heterocycles. The molecule has 0 heterocycles. The van der Waals surface area contributed by atoms with Crippen LogP contribution >= 0.6 is 0 Å². The minimum Gasteiger partial charge on any atom is -0.310 e. The van der Waals surface area contributed by atoms with Gasteiger partial charge in [0, 0.05) is 17.1 Å². The molecule has 0 fully saturated rings. The van der Waals surface area contributed by atoms with E-state index in [4.69, 9.17) is 0 Å². The van der Waals surface area contributed by atoms with Crippen molar-refractivity contribution in [1.82, 2.24) is 0 Å². The van der Waals surface area contributed by atoms with Crippen molar-refractivity contribution in [2.24, 2.45) is 0 Å². The Kier molecular flexibility index (Phi) is 4.18. The summed E-state index contributed by atoms with van der Waals surface area (Å²) >= 11 is 0. The van der Waals surface area contributed by atoms with Gasteiger partial charge in [-0.1, -0.05) is 91.0 Å². The molecular formula is C30H21N. The summed E-state index contributed by atoms with van der Waals surface area (Å²) in [5.41, 5.74) is 3.46. The maximum absolute atomic E-state index is 2.34. The third-order valence-corrected chi connectivity index (χ3v) is 6.00. The number of anilines is 3. The number of benzene rings is 6. The number of fused-ring (bicyclic) bond motifs is 5. The van der Waals surface area contributed by atoms with Gasteiger partial charge >= 0.3 is 0 Å². The van der Waals surface area contributed by atoms with E-state index in [-0.39, 0.29) is 0 Å². The van der Waals surface area contributed by atoms with E-state index in [1.807, 2.05) is 0 Å². The average molecular weight is 396 g/mol. The SMILES string of the molecule is c1ccc(N(c2ccccc2)c2ccc3ccc4ccc5ccccc5c4c3c2)cc1. The summed E-state index contributed by atoms with van der Waals surface area (Å²) in [6.45, 7) is 0. The second kappa shape index (κ2) is 7.30. The van der Waals surface area contributed by atoms with Crippen molar-refractivity contribution in [1.29, 1.82) is 0 Å². The van der Waals surface area contributed by atoms with Crippen molar-refractivity contribution in [3.63, 3.8) is 0 Å². The Morgan fingerprint density at radius 2 is 0.871 bits per heavy atom. The number of rotatable bonds is 3. The summed E-state index contributed by atoms with van der Waals surface area (Å²) in [5, 5.41) is 7.70. The van der Waals surface area contributed by atoms with Crippen molar-refractivity contribution in [3.8, 4) is 0 Å². The van der Waals surface area contributed by atoms with Crippen LogP contribution in [0.4, 0.5) is 17.1 Å². The van der Waals surface area contributed by atoms with E-state index < -0.39 is 0 Å². The van der Waals surface area contributed by atoms with Gasteiger partial charge in [-0.25, -0.2) is 0 Å². The largest absolute Gasteiger partial charge is 0.310 e. The van der Waals surface area contributed by atoms with Gasteiger partial charge in [0.15, 0.2) is 0 Å². The van der Waals surface area contributed by atoms with E-state index in [1.165, 1.54) is 32.3 Å². The van der Waals surface area contributed by atoms with Crippen molar-refractivity contribution in [2.45, 2.75) is 0 Å². The monoisotopic (exact) mass is 395 g/mol. The van der Waals surface area contributed by atoms with Crippen molar-refractivity contribution in [2.75, 3.05) is 4.90 Å². The fourth-order valence-corrected chi connectivity index (χ4v) is 4.55. The van der Waals surface area contributed by atoms with Crippen LogP contribution in [-0.4, -0.2) is 0 Å². The third-order valence-electron chi connectivity index (χ3n) is 6.00. The molecule has 1 heteroatoms. The second-order valence-corrected chi connectivity index (χ2v) is 7.86. The lowest BCUT2D eigenvalue weighted by molar-refractivity contribution is 1.29. The van der Waals surface area contributed by atoms with Gasteiger partial charge < -0.3 is 4.90 Å². The molecule has 6 rings (SSSR count). The minimum atomic E-state index is 1.15. The van der Waals surface area contributed by atoms with Gasteiger partial charge in [0.1, 0.15) is 0 Å². The van der Waals surface area contributed by atoms with Gasteiger partial charge in [-0.3, -0.25) is 0 Å². The van der Waals surface area contributed by atoms with E-state index in [0.717, 1.165) is 17.1 Å². The Bertz CT molecular complexity index is 1470. The molecule has 0 saturated carbocycles. The summed E-state index contributed by atoms with van der Waals surface area (Å²) in [5.74, 6) is 0. The highest BCUT2D eigenvalue weighted by Crippen LogP contribution is 2.38. The lowest BCUT2D eigenvalue weighted by atomic mass is 9.96. The number of nitrogens with zero attached hydrogens (tertiary/aromatic N) is 1. The van der Waals surface area contributed by atoms with Gasteiger partial charge in [0.05, 0.1) is 0 Å². The first-order valence-corrected chi connectivity index (χ1v) is 10.6. The van der Waals surface area contributed by atoms with Gasteiger partial charge in [0.25, 0.3) is 0 Å². The Morgan fingerprint density at radius 3 is 1.55 bits per heavy atom. The fraction of sp³-hybridized carbons (Fsp3) is 0. The molecule has 1 nitrogen and oxygen atoms in total. The highest BCUT2D eigenvalue weighted by Gasteiger charge is 2.13. The molecule has 0 N–H and O–H groups in total. The molecule has 0 unspecified atom stereocenters. The molecule has 31 heavy (non-hydrogen) atoms. The quantitative estimate of drug-likeness (QED) is 0.271. The van der Waals surface area contributed by atoms with Crippen LogP contribution in [0.2, 0.25) is 0 Å². The summed E-state index contributed by atoms with van der Waals surface area (Å²) in [4.78, 5) is 2.32. The number of hydrogen-bond acceptors (Lipinski definition) is 1. The average Bonchev–Trinajstić information content (AvgIpc) is 2.85. The van der Waals surface area contributed by atoms with Gasteiger partial charge in [0.2, 0.25) is 0 Å². The zero-order valence-electron chi connectivity index (χ0n) is 17.1. The molecule has 0 bridgehead atoms. The van der Waals surface area contributed by atoms with E-state index >= 15 is 0 Å². The smallest absolute Gasteiger partial charge is 0.0468 e. The van der Waals surface area contributed by atoms with Crippen LogP contribution in [0.15, 0.2) is 127 Å². The highest BCUT2D eigenvalue weighted by molar-refractivity contribution is 6.20. The molecule has 0 aromatic heterocycles. The lowest BCUT2D eigenvalue weighted by Gasteiger charge is -2.26. The van der Waals surface area contributed by atoms with E-state index in [2.05, 4.69) is 132 Å². The standard InChI is InChI=1S/C30H21N/c1-3-10-25(11-4-1)31(26-12-5-2-6-13-26)27-20-19-23-16-18-24-17-15-22-9-7-8-14-28(22)30(24)29(23)21-27/h1-21H. The maximum Gasteiger partial charge on any atom is 0.0468 e. The van der Waals surface area contributed by atoms with E-state index in [9.17, 15) is 0 Å². The molecule has 0 atom stereocenters. The van der Waals surface area contributed by atoms with Crippen LogP contribution in [0.3, 0.4) is 0 Å². The lowest BCUT2D eigenvalue weighted by Crippen LogP contribution is -2.09. The van der Waals surface area contributed by atoms with E-state index in [0.29, 0.717) is 0 Å². The molecule has 0 spiro atoms. The van der Waals surface area contributed by atoms with Crippen LogP contribution in [0, 0.1) is 0 Å². The molecule has 0 aliphatic rings.